The first kappa shape index (κ1) is 22.9. The van der Waals surface area contributed by atoms with Gasteiger partial charge in [-0.3, -0.25) is 0 Å². The summed E-state index contributed by atoms with van der Waals surface area (Å²) in [5.41, 5.74) is 5.41. The lowest BCUT2D eigenvalue weighted by Gasteiger charge is -2.35. The molecule has 0 amide bonds. The topological polar surface area (TPSA) is 42.6 Å². The molecule has 3 aliphatic rings. The van der Waals surface area contributed by atoms with Crippen molar-refractivity contribution in [2.45, 2.75) is 58.0 Å². The van der Waals surface area contributed by atoms with E-state index in [4.69, 9.17) is 26.4 Å². The highest BCUT2D eigenvalue weighted by Crippen LogP contribution is 2.64. The molecule has 35 heavy (non-hydrogen) atoms. The summed E-state index contributed by atoms with van der Waals surface area (Å²) in [5.74, 6) is 0.815. The number of anilines is 1. The number of nitrogens with zero attached hydrogens (tertiary/aromatic N) is 4. The zero-order valence-electron chi connectivity index (χ0n) is 20.7. The van der Waals surface area contributed by atoms with Crippen LogP contribution in [0.2, 0.25) is 0 Å². The molecule has 0 radical (unpaired) electrons. The molecule has 1 aromatic heterocycles. The lowest BCUT2D eigenvalue weighted by Crippen LogP contribution is -2.29. The zero-order valence-corrected chi connectivity index (χ0v) is 22.4. The Kier molecular flexibility index (Phi) is 5.41. The molecule has 180 valence electrons. The first-order chi connectivity index (χ1) is 16.8. The van der Waals surface area contributed by atoms with Crippen LogP contribution in [-0.2, 0) is 21.7 Å². The van der Waals surface area contributed by atoms with Crippen LogP contribution in [0.15, 0.2) is 70.6 Å². The van der Waals surface area contributed by atoms with Gasteiger partial charge >= 0.3 is 0 Å². The van der Waals surface area contributed by atoms with Gasteiger partial charge in [-0.05, 0) is 43.5 Å². The van der Waals surface area contributed by atoms with Crippen molar-refractivity contribution in [3.8, 4) is 5.69 Å². The van der Waals surface area contributed by atoms with Gasteiger partial charge in [0.2, 0.25) is 0 Å². The number of para-hydroxylation sites is 2. The van der Waals surface area contributed by atoms with Gasteiger partial charge in [-0.1, -0.05) is 74.9 Å². The molecular formula is C28H31N4OPS. The fourth-order valence-corrected chi connectivity index (χ4v) is 10.3. The summed E-state index contributed by atoms with van der Waals surface area (Å²) in [5, 5.41) is 7.01. The molecule has 0 bridgehead atoms. The number of hydrogen-bond acceptors (Lipinski definition) is 5. The van der Waals surface area contributed by atoms with Gasteiger partial charge in [-0.2, -0.15) is 5.10 Å². The van der Waals surface area contributed by atoms with Gasteiger partial charge in [0.15, 0.2) is 5.82 Å². The van der Waals surface area contributed by atoms with Gasteiger partial charge in [0.25, 0.3) is 0 Å². The van der Waals surface area contributed by atoms with Crippen molar-refractivity contribution in [1.82, 2.24) is 9.78 Å². The van der Waals surface area contributed by atoms with Crippen molar-refractivity contribution in [3.05, 3.63) is 76.9 Å². The number of allylic oxidation sites excluding steroid dienone is 2. The summed E-state index contributed by atoms with van der Waals surface area (Å²) >= 11 is 6.68. The molecule has 0 saturated heterocycles. The minimum absolute atomic E-state index is 0.187. The van der Waals surface area contributed by atoms with E-state index in [1.165, 1.54) is 29.8 Å². The van der Waals surface area contributed by atoms with E-state index in [2.05, 4.69) is 69.1 Å². The van der Waals surface area contributed by atoms with Gasteiger partial charge in [0, 0.05) is 30.1 Å². The maximum Gasteiger partial charge on any atom is 0.166 e. The fraction of sp³-hybridized carbons (Fsp3) is 0.357. The molecule has 0 spiro atoms. The van der Waals surface area contributed by atoms with Gasteiger partial charge in [0.05, 0.1) is 28.1 Å². The Bertz CT molecular complexity index is 1420. The molecule has 1 unspecified atom stereocenters. The molecule has 6 rings (SSSR count). The molecule has 5 nitrogen and oxygen atoms in total. The van der Waals surface area contributed by atoms with Crippen molar-refractivity contribution < 1.29 is 4.52 Å². The molecule has 1 aliphatic carbocycles. The van der Waals surface area contributed by atoms with Crippen molar-refractivity contribution in [3.63, 3.8) is 0 Å². The Morgan fingerprint density at radius 1 is 1.03 bits per heavy atom. The Hall–Kier alpha value is -2.53. The maximum absolute atomic E-state index is 7.06. The quantitative estimate of drug-likeness (QED) is 0.383. The molecule has 0 N–H and O–H groups in total. The molecule has 2 aromatic carbocycles. The fourth-order valence-electron chi connectivity index (χ4n) is 6.00. The second-order valence-corrected chi connectivity index (χ2v) is 14.0. The molecular weight excluding hydrogens is 471 g/mol. The highest BCUT2D eigenvalue weighted by molar-refractivity contribution is 8.18. The van der Waals surface area contributed by atoms with Gasteiger partial charge in [0.1, 0.15) is 6.26 Å². The summed E-state index contributed by atoms with van der Waals surface area (Å²) in [6, 6.07) is 18.8. The standard InChI is InChI=1S/C28H31N4OPS/c1-19-25-27(32(30-19)20-12-6-5-7-13-20)29-18-24(34(25,35)33-21-14-8-9-15-21)26-28(2,3)22-16-10-11-17-23(22)31(26)4/h5-7,10-13,16-18,21H,8-9,14-15H2,1-4H3. The van der Waals surface area contributed by atoms with E-state index >= 15 is 0 Å². The van der Waals surface area contributed by atoms with Gasteiger partial charge in [-0.25, -0.2) is 9.67 Å². The van der Waals surface area contributed by atoms with Crippen LogP contribution in [0.4, 0.5) is 11.5 Å². The number of aliphatic imine (C=N–C) groups is 1. The number of hydrogen-bond donors (Lipinski definition) is 0. The Labute approximate surface area is 212 Å². The monoisotopic (exact) mass is 502 g/mol. The first-order valence-electron chi connectivity index (χ1n) is 12.4. The van der Waals surface area contributed by atoms with Crippen LogP contribution in [0.1, 0.15) is 50.8 Å². The van der Waals surface area contributed by atoms with E-state index in [0.717, 1.165) is 40.7 Å². The maximum atomic E-state index is 7.06. The zero-order chi connectivity index (χ0) is 24.4. The summed E-state index contributed by atoms with van der Waals surface area (Å²) in [7, 11) is 2.15. The molecule has 1 atom stereocenters. The van der Waals surface area contributed by atoms with E-state index in [1.807, 2.05) is 29.1 Å². The number of benzene rings is 2. The smallest absolute Gasteiger partial charge is 0.166 e. The highest BCUT2D eigenvalue weighted by atomic mass is 32.4. The SMILES string of the molecule is Cc1nn(-c2ccccc2)c2c1P(=S)(OC1CCCC1)C(=C1N(C)c3ccccc3C1(C)C)C=N2. The van der Waals surface area contributed by atoms with Crippen molar-refractivity contribution >= 4 is 41.1 Å². The third-order valence-corrected chi connectivity index (χ3v) is 11.7. The summed E-state index contributed by atoms with van der Waals surface area (Å²) in [4.78, 5) is 7.32. The second kappa shape index (κ2) is 8.26. The van der Waals surface area contributed by atoms with E-state index < -0.39 is 6.26 Å². The average Bonchev–Trinajstić information content (AvgIpc) is 3.53. The Balaban J connectivity index is 1.60. The lowest BCUT2D eigenvalue weighted by molar-refractivity contribution is 0.239. The summed E-state index contributed by atoms with van der Waals surface area (Å²) in [6.07, 6.45) is 4.07. The number of aryl methyl sites for hydroxylation is 1. The Morgan fingerprint density at radius 2 is 1.71 bits per heavy atom. The molecule has 2 aliphatic heterocycles. The van der Waals surface area contributed by atoms with Gasteiger partial charge < -0.3 is 9.42 Å². The van der Waals surface area contributed by atoms with Crippen molar-refractivity contribution in [2.24, 2.45) is 4.99 Å². The number of aromatic nitrogens is 2. The minimum atomic E-state index is -2.66. The highest BCUT2D eigenvalue weighted by Gasteiger charge is 2.47. The Morgan fingerprint density at radius 3 is 2.43 bits per heavy atom. The van der Waals surface area contributed by atoms with E-state index in [0.29, 0.717) is 0 Å². The molecule has 1 saturated carbocycles. The number of likely N-dealkylation sites (N-methyl/N-ethyl adjacent to an activating group) is 1. The lowest BCUT2D eigenvalue weighted by atomic mass is 9.84. The van der Waals surface area contributed by atoms with Crippen molar-refractivity contribution in [1.29, 1.82) is 0 Å². The second-order valence-electron chi connectivity index (χ2n) is 10.3. The number of fused-ring (bicyclic) bond motifs is 2. The molecule has 1 fully saturated rings. The van der Waals surface area contributed by atoms with Gasteiger partial charge in [-0.15, -0.1) is 0 Å². The largest absolute Gasteiger partial charge is 0.346 e. The predicted molar refractivity (Wildman–Crippen MR) is 149 cm³/mol. The van der Waals surface area contributed by atoms with E-state index in [1.54, 1.807) is 0 Å². The van der Waals surface area contributed by atoms with Crippen LogP contribution >= 0.6 is 6.26 Å². The summed E-state index contributed by atoms with van der Waals surface area (Å²) in [6.45, 7) is 6.63. The third kappa shape index (κ3) is 3.41. The number of rotatable bonds is 3. The van der Waals surface area contributed by atoms with Crippen LogP contribution in [0, 0.1) is 6.92 Å². The van der Waals surface area contributed by atoms with E-state index in [-0.39, 0.29) is 11.5 Å². The van der Waals surface area contributed by atoms with Crippen LogP contribution in [0.3, 0.4) is 0 Å². The van der Waals surface area contributed by atoms with Crippen LogP contribution in [-0.4, -0.2) is 29.1 Å². The van der Waals surface area contributed by atoms with Crippen LogP contribution < -0.4 is 10.2 Å². The molecule has 3 heterocycles. The van der Waals surface area contributed by atoms with Crippen LogP contribution in [0.25, 0.3) is 5.69 Å². The minimum Gasteiger partial charge on any atom is -0.346 e. The molecule has 3 aromatic rings. The van der Waals surface area contributed by atoms with Crippen molar-refractivity contribution in [2.75, 3.05) is 11.9 Å². The normalized spacial score (nSPS) is 25.2. The van der Waals surface area contributed by atoms with E-state index in [9.17, 15) is 0 Å². The predicted octanol–water partition coefficient (Wildman–Crippen LogP) is 6.51. The third-order valence-electron chi connectivity index (χ3n) is 7.64. The van der Waals surface area contributed by atoms with Crippen LogP contribution in [0.5, 0.6) is 0 Å². The first-order valence-corrected chi connectivity index (χ1v) is 15.1. The summed E-state index contributed by atoms with van der Waals surface area (Å²) < 4.78 is 8.99. The molecule has 7 heteroatoms. The average molecular weight is 503 g/mol.